The Morgan fingerprint density at radius 2 is 2.11 bits per heavy atom. The maximum absolute atomic E-state index is 11.4. The van der Waals surface area contributed by atoms with Crippen molar-refractivity contribution in [3.05, 3.63) is 0 Å². The molecule has 0 aromatic heterocycles. The molecule has 0 bridgehead atoms. The van der Waals surface area contributed by atoms with Crippen LogP contribution in [0.2, 0.25) is 0 Å². The zero-order chi connectivity index (χ0) is 13.4. The van der Waals surface area contributed by atoms with Crippen LogP contribution in [0, 0.1) is 0 Å². The third kappa shape index (κ3) is 5.63. The number of nitrogens with one attached hydrogen (secondary N) is 2. The van der Waals surface area contributed by atoms with Crippen LogP contribution in [-0.2, 0) is 9.59 Å². The molecule has 8 heteroatoms. The van der Waals surface area contributed by atoms with Gasteiger partial charge < -0.3 is 15.5 Å². The molecule has 0 aromatic carbocycles. The SMILES string of the molecule is CNC(=O)CSCC(=O)NCCN1CCSC1=O. The smallest absolute Gasteiger partial charge is 0.281 e. The Morgan fingerprint density at radius 1 is 1.39 bits per heavy atom. The van der Waals surface area contributed by atoms with E-state index in [-0.39, 0.29) is 28.6 Å². The summed E-state index contributed by atoms with van der Waals surface area (Å²) in [6.07, 6.45) is 0. The number of hydrogen-bond acceptors (Lipinski definition) is 5. The Morgan fingerprint density at radius 3 is 2.72 bits per heavy atom. The molecular weight excluding hydrogens is 274 g/mol. The lowest BCUT2D eigenvalue weighted by molar-refractivity contribution is -0.118. The first-order valence-corrected chi connectivity index (χ1v) is 7.74. The number of carbonyl (C=O) groups excluding carboxylic acids is 3. The van der Waals surface area contributed by atoms with E-state index >= 15 is 0 Å². The molecule has 1 heterocycles. The van der Waals surface area contributed by atoms with Crippen molar-refractivity contribution in [3.8, 4) is 0 Å². The van der Waals surface area contributed by atoms with Gasteiger partial charge in [-0.1, -0.05) is 11.8 Å². The van der Waals surface area contributed by atoms with Gasteiger partial charge in [0.1, 0.15) is 0 Å². The van der Waals surface area contributed by atoms with Crippen molar-refractivity contribution in [1.82, 2.24) is 15.5 Å². The minimum atomic E-state index is -0.108. The molecule has 0 atom stereocenters. The molecule has 0 unspecified atom stereocenters. The van der Waals surface area contributed by atoms with E-state index in [9.17, 15) is 14.4 Å². The summed E-state index contributed by atoms with van der Waals surface area (Å²) in [5.41, 5.74) is 0. The van der Waals surface area contributed by atoms with Crippen LogP contribution in [0.1, 0.15) is 0 Å². The van der Waals surface area contributed by atoms with Gasteiger partial charge in [-0.15, -0.1) is 11.8 Å². The maximum Gasteiger partial charge on any atom is 0.281 e. The molecule has 1 fully saturated rings. The number of amides is 3. The second-order valence-corrected chi connectivity index (χ2v) is 5.65. The van der Waals surface area contributed by atoms with Crippen molar-refractivity contribution < 1.29 is 14.4 Å². The Balaban J connectivity index is 2.03. The molecule has 1 aliphatic rings. The zero-order valence-corrected chi connectivity index (χ0v) is 11.9. The van der Waals surface area contributed by atoms with Crippen LogP contribution in [0.25, 0.3) is 0 Å². The van der Waals surface area contributed by atoms with Crippen molar-refractivity contribution in [3.63, 3.8) is 0 Å². The molecule has 18 heavy (non-hydrogen) atoms. The van der Waals surface area contributed by atoms with Crippen LogP contribution in [0.4, 0.5) is 4.79 Å². The average molecular weight is 291 g/mol. The van der Waals surface area contributed by atoms with Gasteiger partial charge in [-0.2, -0.15) is 0 Å². The standard InChI is InChI=1S/C10H17N3O3S2/c1-11-8(14)6-17-7-9(15)12-2-3-13-4-5-18-10(13)16/h2-7H2,1H3,(H,11,14)(H,12,15). The molecule has 1 rings (SSSR count). The highest BCUT2D eigenvalue weighted by Gasteiger charge is 2.20. The topological polar surface area (TPSA) is 78.5 Å². The highest BCUT2D eigenvalue weighted by molar-refractivity contribution is 8.13. The van der Waals surface area contributed by atoms with Crippen molar-refractivity contribution in [2.45, 2.75) is 0 Å². The van der Waals surface area contributed by atoms with E-state index in [1.54, 1.807) is 11.9 Å². The normalized spacial score (nSPS) is 14.7. The molecule has 6 nitrogen and oxygen atoms in total. The third-order valence-corrected chi connectivity index (χ3v) is 4.12. The fraction of sp³-hybridized carbons (Fsp3) is 0.700. The third-order valence-electron chi connectivity index (χ3n) is 2.29. The summed E-state index contributed by atoms with van der Waals surface area (Å²) < 4.78 is 0. The molecule has 0 aromatic rings. The van der Waals surface area contributed by atoms with Crippen LogP contribution < -0.4 is 10.6 Å². The molecule has 2 N–H and O–H groups in total. The molecule has 0 aliphatic carbocycles. The minimum absolute atomic E-state index is 0.0817. The molecule has 0 radical (unpaired) electrons. The van der Waals surface area contributed by atoms with E-state index in [0.29, 0.717) is 13.1 Å². The van der Waals surface area contributed by atoms with Gasteiger partial charge in [-0.3, -0.25) is 14.4 Å². The summed E-state index contributed by atoms with van der Waals surface area (Å²) in [4.78, 5) is 35.3. The lowest BCUT2D eigenvalue weighted by Gasteiger charge is -2.14. The number of thioether (sulfide) groups is 2. The molecular formula is C10H17N3O3S2. The monoisotopic (exact) mass is 291 g/mol. The van der Waals surface area contributed by atoms with E-state index in [4.69, 9.17) is 0 Å². The van der Waals surface area contributed by atoms with Gasteiger partial charge in [-0.05, 0) is 0 Å². The summed E-state index contributed by atoms with van der Waals surface area (Å²) in [6, 6.07) is 0. The first kappa shape index (κ1) is 15.2. The van der Waals surface area contributed by atoms with E-state index < -0.39 is 0 Å². The number of nitrogens with zero attached hydrogens (tertiary/aromatic N) is 1. The summed E-state index contributed by atoms with van der Waals surface area (Å²) in [7, 11) is 1.56. The van der Waals surface area contributed by atoms with E-state index in [1.807, 2.05) is 0 Å². The van der Waals surface area contributed by atoms with Gasteiger partial charge in [0.05, 0.1) is 11.5 Å². The molecule has 0 spiro atoms. The minimum Gasteiger partial charge on any atom is -0.358 e. The Hall–Kier alpha value is -0.890. The van der Waals surface area contributed by atoms with Gasteiger partial charge in [0, 0.05) is 32.4 Å². The quantitative estimate of drug-likeness (QED) is 0.676. The van der Waals surface area contributed by atoms with E-state index in [0.717, 1.165) is 12.3 Å². The summed E-state index contributed by atoms with van der Waals surface area (Å²) in [6.45, 7) is 1.77. The van der Waals surface area contributed by atoms with Gasteiger partial charge in [0.15, 0.2) is 0 Å². The summed E-state index contributed by atoms with van der Waals surface area (Å²) in [5.74, 6) is 1.17. The van der Waals surface area contributed by atoms with Crippen LogP contribution in [0.3, 0.4) is 0 Å². The second kappa shape index (κ2) is 8.25. The molecule has 102 valence electrons. The van der Waals surface area contributed by atoms with Crippen LogP contribution in [0.5, 0.6) is 0 Å². The lowest BCUT2D eigenvalue weighted by atomic mass is 10.5. The first-order valence-electron chi connectivity index (χ1n) is 5.60. The maximum atomic E-state index is 11.4. The summed E-state index contributed by atoms with van der Waals surface area (Å²) >= 11 is 2.58. The Bertz CT molecular complexity index is 325. The number of carbonyl (C=O) groups is 3. The highest BCUT2D eigenvalue weighted by Crippen LogP contribution is 2.15. The molecule has 1 saturated heterocycles. The fourth-order valence-electron chi connectivity index (χ4n) is 1.32. The van der Waals surface area contributed by atoms with Gasteiger partial charge in [0.25, 0.3) is 5.24 Å². The van der Waals surface area contributed by atoms with Crippen molar-refractivity contribution >= 4 is 40.6 Å². The van der Waals surface area contributed by atoms with Crippen LogP contribution in [0.15, 0.2) is 0 Å². The predicted molar refractivity (Wildman–Crippen MR) is 73.8 cm³/mol. The van der Waals surface area contributed by atoms with Crippen molar-refractivity contribution in [2.24, 2.45) is 0 Å². The molecule has 3 amide bonds. The first-order chi connectivity index (χ1) is 8.63. The van der Waals surface area contributed by atoms with E-state index in [1.165, 1.54) is 23.5 Å². The van der Waals surface area contributed by atoms with Crippen molar-refractivity contribution in [1.29, 1.82) is 0 Å². The van der Waals surface area contributed by atoms with Crippen molar-refractivity contribution in [2.75, 3.05) is 43.9 Å². The average Bonchev–Trinajstić information content (AvgIpc) is 2.75. The van der Waals surface area contributed by atoms with Crippen LogP contribution in [-0.4, -0.2) is 65.9 Å². The van der Waals surface area contributed by atoms with E-state index in [2.05, 4.69) is 10.6 Å². The fourth-order valence-corrected chi connectivity index (χ4v) is 2.89. The van der Waals surface area contributed by atoms with Gasteiger partial charge in [0.2, 0.25) is 11.8 Å². The molecule has 0 saturated carbocycles. The van der Waals surface area contributed by atoms with Crippen LogP contribution >= 0.6 is 23.5 Å². The Kier molecular flexibility index (Phi) is 6.96. The molecule has 1 aliphatic heterocycles. The second-order valence-electron chi connectivity index (χ2n) is 3.62. The predicted octanol–water partition coefficient (Wildman–Crippen LogP) is -0.249. The van der Waals surface area contributed by atoms with Gasteiger partial charge >= 0.3 is 0 Å². The number of rotatable bonds is 7. The summed E-state index contributed by atoms with van der Waals surface area (Å²) in [5, 5.41) is 5.29. The zero-order valence-electron chi connectivity index (χ0n) is 10.2. The lowest BCUT2D eigenvalue weighted by Crippen LogP contribution is -2.35. The Labute approximate surface area is 115 Å². The number of hydrogen-bond donors (Lipinski definition) is 2. The largest absolute Gasteiger partial charge is 0.358 e. The highest BCUT2D eigenvalue weighted by atomic mass is 32.2. The van der Waals surface area contributed by atoms with Gasteiger partial charge in [-0.25, -0.2) is 0 Å².